The highest BCUT2D eigenvalue weighted by atomic mass is 14.2. The van der Waals surface area contributed by atoms with E-state index in [0.29, 0.717) is 0 Å². The molecule has 1 aliphatic rings. The van der Waals surface area contributed by atoms with Gasteiger partial charge in [0.1, 0.15) is 0 Å². The van der Waals surface area contributed by atoms with Gasteiger partial charge in [-0.05, 0) is 42.5 Å². The predicted molar refractivity (Wildman–Crippen MR) is 42.9 cm³/mol. The van der Waals surface area contributed by atoms with Crippen molar-refractivity contribution in [2.24, 2.45) is 0 Å². The van der Waals surface area contributed by atoms with Gasteiger partial charge in [-0.15, -0.1) is 0 Å². The second kappa shape index (κ2) is 2.39. The second-order valence-electron chi connectivity index (χ2n) is 2.79. The largest absolute Gasteiger partial charge is 0.192 e. The van der Waals surface area contributed by atoms with Gasteiger partial charge in [0.2, 0.25) is 0 Å². The lowest BCUT2D eigenvalue weighted by atomic mass is 10.1. The highest BCUT2D eigenvalue weighted by Crippen LogP contribution is 2.21. The Balaban J connectivity index is 2.51. The molecule has 0 unspecified atom stereocenters. The van der Waals surface area contributed by atoms with E-state index in [4.69, 9.17) is 5.26 Å². The Kier molecular flexibility index (Phi) is 1.40. The normalized spacial score (nSPS) is 14.1. The van der Waals surface area contributed by atoms with Crippen LogP contribution in [0.15, 0.2) is 18.2 Å². The maximum Gasteiger partial charge on any atom is 0.0991 e. The topological polar surface area (TPSA) is 23.8 Å². The molecule has 0 saturated heterocycles. The van der Waals surface area contributed by atoms with Crippen LogP contribution in [0.25, 0.3) is 0 Å². The molecule has 53 valence electrons. The second-order valence-corrected chi connectivity index (χ2v) is 2.79. The van der Waals surface area contributed by atoms with Gasteiger partial charge in [0, 0.05) is 0 Å². The molecule has 1 radical (unpaired) electrons. The molecule has 1 heteroatoms. The Morgan fingerprint density at radius 2 is 2.00 bits per heavy atom. The SMILES string of the molecule is N#Cc1ccc2c(c1)C[CH]C2. The van der Waals surface area contributed by atoms with Gasteiger partial charge in [-0.1, -0.05) is 6.07 Å². The lowest BCUT2D eigenvalue weighted by Crippen LogP contribution is -1.82. The fourth-order valence-corrected chi connectivity index (χ4v) is 1.47. The Hall–Kier alpha value is -1.29. The number of nitrogens with zero attached hydrogens (tertiary/aromatic N) is 1. The molecular formula is C10H8N. The number of rotatable bonds is 0. The number of hydrogen-bond acceptors (Lipinski definition) is 1. The Morgan fingerprint density at radius 1 is 1.18 bits per heavy atom. The number of fused-ring (bicyclic) bond motifs is 1. The molecule has 0 atom stereocenters. The molecule has 0 heterocycles. The summed E-state index contributed by atoms with van der Waals surface area (Å²) in [5.74, 6) is 0. The zero-order valence-electron chi connectivity index (χ0n) is 6.17. The summed E-state index contributed by atoms with van der Waals surface area (Å²) in [5, 5.41) is 8.61. The Bertz CT molecular complexity index is 320. The molecular weight excluding hydrogens is 134 g/mol. The van der Waals surface area contributed by atoms with E-state index in [1.54, 1.807) is 0 Å². The average molecular weight is 142 g/mol. The Morgan fingerprint density at radius 3 is 2.82 bits per heavy atom. The smallest absolute Gasteiger partial charge is 0.0991 e. The van der Waals surface area contributed by atoms with E-state index in [1.165, 1.54) is 11.1 Å². The molecule has 1 aromatic rings. The summed E-state index contributed by atoms with van der Waals surface area (Å²) < 4.78 is 0. The van der Waals surface area contributed by atoms with Crippen molar-refractivity contribution in [2.75, 3.05) is 0 Å². The van der Waals surface area contributed by atoms with Crippen LogP contribution >= 0.6 is 0 Å². The zero-order valence-corrected chi connectivity index (χ0v) is 6.17. The number of benzene rings is 1. The third-order valence-electron chi connectivity index (χ3n) is 2.06. The van der Waals surface area contributed by atoms with Crippen molar-refractivity contribution in [2.45, 2.75) is 12.8 Å². The summed E-state index contributed by atoms with van der Waals surface area (Å²) in [7, 11) is 0. The van der Waals surface area contributed by atoms with Gasteiger partial charge in [0.05, 0.1) is 11.6 Å². The quantitative estimate of drug-likeness (QED) is 0.542. The molecule has 0 aromatic heterocycles. The number of nitriles is 1. The van der Waals surface area contributed by atoms with Crippen molar-refractivity contribution in [1.29, 1.82) is 5.26 Å². The molecule has 1 nitrogen and oxygen atoms in total. The molecule has 0 N–H and O–H groups in total. The van der Waals surface area contributed by atoms with Gasteiger partial charge < -0.3 is 0 Å². The zero-order chi connectivity index (χ0) is 7.68. The molecule has 0 fully saturated rings. The van der Waals surface area contributed by atoms with Crippen LogP contribution in [0.5, 0.6) is 0 Å². The van der Waals surface area contributed by atoms with Crippen molar-refractivity contribution in [3.8, 4) is 6.07 Å². The van der Waals surface area contributed by atoms with Gasteiger partial charge in [0.15, 0.2) is 0 Å². The lowest BCUT2D eigenvalue weighted by molar-refractivity contribution is 1.17. The minimum absolute atomic E-state index is 0.777. The first kappa shape index (κ1) is 6.42. The molecule has 0 bridgehead atoms. The third-order valence-corrected chi connectivity index (χ3v) is 2.06. The summed E-state index contributed by atoms with van der Waals surface area (Å²) in [6, 6.07) is 8.07. The van der Waals surface area contributed by atoms with E-state index in [0.717, 1.165) is 18.4 Å². The van der Waals surface area contributed by atoms with Gasteiger partial charge in [-0.2, -0.15) is 5.26 Å². The minimum atomic E-state index is 0.777. The van der Waals surface area contributed by atoms with Crippen LogP contribution in [0.2, 0.25) is 0 Å². The lowest BCUT2D eigenvalue weighted by Gasteiger charge is -1.96. The van der Waals surface area contributed by atoms with E-state index < -0.39 is 0 Å². The molecule has 1 aliphatic carbocycles. The van der Waals surface area contributed by atoms with Gasteiger partial charge in [-0.25, -0.2) is 0 Å². The van der Waals surface area contributed by atoms with Crippen LogP contribution in [0, 0.1) is 17.8 Å². The van der Waals surface area contributed by atoms with Crippen molar-refractivity contribution in [1.82, 2.24) is 0 Å². The van der Waals surface area contributed by atoms with Crippen LogP contribution < -0.4 is 0 Å². The van der Waals surface area contributed by atoms with E-state index in [-0.39, 0.29) is 0 Å². The molecule has 0 spiro atoms. The summed E-state index contributed by atoms with van der Waals surface area (Å²) in [6.45, 7) is 0. The molecule has 0 saturated carbocycles. The maximum absolute atomic E-state index is 8.61. The standard InChI is InChI=1S/C10H8N/c11-7-8-4-5-9-2-1-3-10(9)6-8/h1,4-6H,2-3H2. The maximum atomic E-state index is 8.61. The molecule has 11 heavy (non-hydrogen) atoms. The monoisotopic (exact) mass is 142 g/mol. The first-order valence-corrected chi connectivity index (χ1v) is 3.74. The van der Waals surface area contributed by atoms with Crippen molar-refractivity contribution in [3.63, 3.8) is 0 Å². The first-order chi connectivity index (χ1) is 5.40. The average Bonchev–Trinajstić information content (AvgIpc) is 2.50. The summed E-state index contributed by atoms with van der Waals surface area (Å²) >= 11 is 0. The molecule has 0 amide bonds. The predicted octanol–water partition coefficient (Wildman–Crippen LogP) is 1.86. The van der Waals surface area contributed by atoms with E-state index in [9.17, 15) is 0 Å². The fraction of sp³-hybridized carbons (Fsp3) is 0.200. The van der Waals surface area contributed by atoms with Gasteiger partial charge >= 0.3 is 0 Å². The fourth-order valence-electron chi connectivity index (χ4n) is 1.47. The highest BCUT2D eigenvalue weighted by Gasteiger charge is 2.10. The van der Waals surface area contributed by atoms with Crippen LogP contribution in [0.4, 0.5) is 0 Å². The summed E-state index contributed by atoms with van der Waals surface area (Å²) in [4.78, 5) is 0. The van der Waals surface area contributed by atoms with E-state index >= 15 is 0 Å². The minimum Gasteiger partial charge on any atom is -0.192 e. The van der Waals surface area contributed by atoms with E-state index in [2.05, 4.69) is 18.6 Å². The molecule has 2 rings (SSSR count). The summed E-state index contributed by atoms with van der Waals surface area (Å²) in [5.41, 5.74) is 3.48. The number of hydrogen-bond donors (Lipinski definition) is 0. The van der Waals surface area contributed by atoms with Crippen molar-refractivity contribution >= 4 is 0 Å². The third kappa shape index (κ3) is 1.01. The highest BCUT2D eigenvalue weighted by molar-refractivity contribution is 5.42. The van der Waals surface area contributed by atoms with E-state index in [1.807, 2.05) is 12.1 Å². The van der Waals surface area contributed by atoms with Crippen LogP contribution in [0.1, 0.15) is 16.7 Å². The van der Waals surface area contributed by atoms with Crippen LogP contribution in [-0.2, 0) is 12.8 Å². The van der Waals surface area contributed by atoms with Crippen molar-refractivity contribution in [3.05, 3.63) is 41.3 Å². The molecule has 0 aliphatic heterocycles. The van der Waals surface area contributed by atoms with Gasteiger partial charge in [0.25, 0.3) is 0 Å². The summed E-state index contributed by atoms with van der Waals surface area (Å²) in [6.07, 6.45) is 4.34. The molecule has 1 aromatic carbocycles. The van der Waals surface area contributed by atoms with Gasteiger partial charge in [-0.3, -0.25) is 0 Å². The van der Waals surface area contributed by atoms with Crippen molar-refractivity contribution < 1.29 is 0 Å². The van der Waals surface area contributed by atoms with Crippen LogP contribution in [0.3, 0.4) is 0 Å². The first-order valence-electron chi connectivity index (χ1n) is 3.74. The van der Waals surface area contributed by atoms with Crippen LogP contribution in [-0.4, -0.2) is 0 Å². The Labute approximate surface area is 66.3 Å².